The van der Waals surface area contributed by atoms with Crippen molar-refractivity contribution in [2.75, 3.05) is 7.11 Å². The van der Waals surface area contributed by atoms with Crippen LogP contribution in [0, 0.1) is 5.92 Å². The minimum atomic E-state index is -0.428. The third-order valence-corrected chi connectivity index (χ3v) is 4.02. The molecule has 6 heteroatoms. The summed E-state index contributed by atoms with van der Waals surface area (Å²) in [7, 11) is 1.06. The van der Waals surface area contributed by atoms with Gasteiger partial charge in [0.25, 0.3) is 0 Å². The normalized spacial score (nSPS) is 23.0. The fraction of sp³-hybridized carbons (Fsp3) is 0.714. The lowest BCUT2D eigenvalue weighted by Crippen LogP contribution is -2.41. The lowest BCUT2D eigenvalue weighted by molar-refractivity contribution is 0.00578. The third kappa shape index (κ3) is 3.30. The van der Waals surface area contributed by atoms with Crippen LogP contribution in [-0.4, -0.2) is 25.4 Å². The van der Waals surface area contributed by atoms with Crippen molar-refractivity contribution in [2.45, 2.75) is 52.7 Å². The van der Waals surface area contributed by atoms with Crippen LogP contribution in [0.3, 0.4) is 0 Å². The molecule has 0 radical (unpaired) electrons. The molecule has 0 aromatic carbocycles. The standard InChI is InChI=1S/C14H27BN2O3/c1-9(2)10(8-11(16)12(17)18-7)15-19-13(3,4)14(5,6)20-15/h8-9H,16-17H2,1-7H3/b10-8+,12-11-. The van der Waals surface area contributed by atoms with Gasteiger partial charge in [-0.2, -0.15) is 0 Å². The van der Waals surface area contributed by atoms with E-state index in [2.05, 4.69) is 13.8 Å². The van der Waals surface area contributed by atoms with Crippen LogP contribution >= 0.6 is 0 Å². The molecule has 0 bridgehead atoms. The number of allylic oxidation sites excluding steroid dienone is 2. The van der Waals surface area contributed by atoms with Gasteiger partial charge in [0.05, 0.1) is 24.0 Å². The molecule has 1 heterocycles. The molecule has 20 heavy (non-hydrogen) atoms. The summed E-state index contributed by atoms with van der Waals surface area (Å²) in [6.07, 6.45) is 1.78. The summed E-state index contributed by atoms with van der Waals surface area (Å²) in [6, 6.07) is 0. The zero-order valence-electron chi connectivity index (χ0n) is 13.6. The van der Waals surface area contributed by atoms with Gasteiger partial charge in [-0.3, -0.25) is 0 Å². The molecule has 1 aliphatic heterocycles. The maximum atomic E-state index is 6.05. The fourth-order valence-corrected chi connectivity index (χ4v) is 1.85. The molecule has 0 amide bonds. The van der Waals surface area contributed by atoms with Crippen LogP contribution in [0.4, 0.5) is 0 Å². The average molecular weight is 282 g/mol. The minimum absolute atomic E-state index is 0.194. The number of nitrogens with two attached hydrogens (primary N) is 2. The monoisotopic (exact) mass is 282 g/mol. The van der Waals surface area contributed by atoms with Gasteiger partial charge in [0, 0.05) is 0 Å². The Kier molecular flexibility index (Phi) is 4.82. The molecule has 5 nitrogen and oxygen atoms in total. The third-order valence-electron chi connectivity index (χ3n) is 4.02. The van der Waals surface area contributed by atoms with Gasteiger partial charge in [0.2, 0.25) is 5.88 Å². The minimum Gasteiger partial charge on any atom is -0.481 e. The van der Waals surface area contributed by atoms with Crippen LogP contribution in [0.1, 0.15) is 41.5 Å². The summed E-state index contributed by atoms with van der Waals surface area (Å²) in [6.45, 7) is 12.2. The van der Waals surface area contributed by atoms with Gasteiger partial charge in [0.1, 0.15) is 0 Å². The molecule has 1 saturated heterocycles. The molecule has 114 valence electrons. The van der Waals surface area contributed by atoms with Gasteiger partial charge in [0.15, 0.2) is 0 Å². The molecule has 1 aliphatic rings. The topological polar surface area (TPSA) is 79.7 Å². The lowest BCUT2D eigenvalue weighted by atomic mass is 9.71. The van der Waals surface area contributed by atoms with Crippen molar-refractivity contribution in [1.29, 1.82) is 0 Å². The van der Waals surface area contributed by atoms with Gasteiger partial charge >= 0.3 is 7.12 Å². The van der Waals surface area contributed by atoms with Crippen LogP contribution in [-0.2, 0) is 14.0 Å². The predicted molar refractivity (Wildman–Crippen MR) is 81.4 cm³/mol. The molecule has 1 fully saturated rings. The quantitative estimate of drug-likeness (QED) is 0.468. The molecular weight excluding hydrogens is 255 g/mol. The van der Waals surface area contributed by atoms with E-state index in [1.807, 2.05) is 27.7 Å². The van der Waals surface area contributed by atoms with E-state index in [0.717, 1.165) is 5.47 Å². The van der Waals surface area contributed by atoms with Gasteiger partial charge in [-0.1, -0.05) is 13.8 Å². The molecule has 4 N–H and O–H groups in total. The van der Waals surface area contributed by atoms with Crippen LogP contribution in [0.25, 0.3) is 0 Å². The molecular formula is C14H27BN2O3. The van der Waals surface area contributed by atoms with E-state index in [-0.39, 0.29) is 23.0 Å². The van der Waals surface area contributed by atoms with Crippen molar-refractivity contribution in [3.05, 3.63) is 23.1 Å². The largest absolute Gasteiger partial charge is 0.490 e. The first-order valence-corrected chi connectivity index (χ1v) is 6.88. The van der Waals surface area contributed by atoms with Gasteiger partial charge in [-0.05, 0) is 45.2 Å². The molecule has 0 aliphatic carbocycles. The fourth-order valence-electron chi connectivity index (χ4n) is 1.85. The molecule has 0 aromatic heterocycles. The average Bonchev–Trinajstić information content (AvgIpc) is 2.53. The first-order valence-electron chi connectivity index (χ1n) is 6.88. The maximum Gasteiger partial charge on any atom is 0.490 e. The summed E-state index contributed by atoms with van der Waals surface area (Å²) in [4.78, 5) is 0. The van der Waals surface area contributed by atoms with E-state index in [0.29, 0.717) is 5.70 Å². The molecule has 0 unspecified atom stereocenters. The Labute approximate surface area is 122 Å². The Balaban J connectivity index is 3.10. The first kappa shape index (κ1) is 16.9. The van der Waals surface area contributed by atoms with Crippen molar-refractivity contribution in [3.63, 3.8) is 0 Å². The Bertz CT molecular complexity index is 412. The van der Waals surface area contributed by atoms with E-state index >= 15 is 0 Å². The highest BCUT2D eigenvalue weighted by atomic mass is 16.7. The second-order valence-electron chi connectivity index (χ2n) is 6.41. The SMILES string of the molecule is CO/C(N)=C(N)/C=C(/B1OC(C)(C)C(C)(C)O1)C(C)C. The second-order valence-corrected chi connectivity index (χ2v) is 6.41. The van der Waals surface area contributed by atoms with E-state index in [9.17, 15) is 0 Å². The smallest absolute Gasteiger partial charge is 0.481 e. The highest BCUT2D eigenvalue weighted by molar-refractivity contribution is 6.54. The van der Waals surface area contributed by atoms with E-state index in [4.69, 9.17) is 25.5 Å². The second kappa shape index (κ2) is 5.70. The maximum absolute atomic E-state index is 6.05. The summed E-state index contributed by atoms with van der Waals surface area (Å²) >= 11 is 0. The van der Waals surface area contributed by atoms with Crippen LogP contribution < -0.4 is 11.5 Å². The predicted octanol–water partition coefficient (Wildman–Crippen LogP) is 1.93. The zero-order chi connectivity index (χ0) is 15.7. The number of hydrogen-bond donors (Lipinski definition) is 2. The van der Waals surface area contributed by atoms with Gasteiger partial charge in [-0.15, -0.1) is 0 Å². The van der Waals surface area contributed by atoms with Crippen molar-refractivity contribution in [3.8, 4) is 0 Å². The van der Waals surface area contributed by atoms with Crippen LogP contribution in [0.2, 0.25) is 0 Å². The van der Waals surface area contributed by atoms with Crippen LogP contribution in [0.5, 0.6) is 0 Å². The zero-order valence-corrected chi connectivity index (χ0v) is 13.6. The highest BCUT2D eigenvalue weighted by Crippen LogP contribution is 2.39. The lowest BCUT2D eigenvalue weighted by Gasteiger charge is -2.32. The van der Waals surface area contributed by atoms with Gasteiger partial charge in [-0.25, -0.2) is 0 Å². The Hall–Kier alpha value is -1.14. The van der Waals surface area contributed by atoms with E-state index < -0.39 is 7.12 Å². The molecule has 0 saturated carbocycles. The molecule has 0 atom stereocenters. The summed E-state index contributed by atoms with van der Waals surface area (Å²) < 4.78 is 17.0. The van der Waals surface area contributed by atoms with Crippen molar-refractivity contribution < 1.29 is 14.0 Å². The Morgan fingerprint density at radius 1 is 1.10 bits per heavy atom. The van der Waals surface area contributed by atoms with Crippen LogP contribution in [0.15, 0.2) is 23.1 Å². The van der Waals surface area contributed by atoms with Crippen molar-refractivity contribution in [1.82, 2.24) is 0 Å². The summed E-state index contributed by atoms with van der Waals surface area (Å²) in [5.41, 5.74) is 12.2. The van der Waals surface area contributed by atoms with Gasteiger partial charge < -0.3 is 25.5 Å². The summed E-state index contributed by atoms with van der Waals surface area (Å²) in [5, 5.41) is 0. The first-order chi connectivity index (χ1) is 9.01. The number of rotatable bonds is 4. The molecule has 0 aromatic rings. The molecule has 0 spiro atoms. The number of ether oxygens (including phenoxy) is 1. The highest BCUT2D eigenvalue weighted by Gasteiger charge is 2.52. The van der Waals surface area contributed by atoms with Crippen molar-refractivity contribution >= 4 is 7.12 Å². The van der Waals surface area contributed by atoms with E-state index in [1.54, 1.807) is 6.08 Å². The Morgan fingerprint density at radius 2 is 1.55 bits per heavy atom. The Morgan fingerprint density at radius 3 is 1.90 bits per heavy atom. The number of hydrogen-bond acceptors (Lipinski definition) is 5. The van der Waals surface area contributed by atoms with Crippen molar-refractivity contribution in [2.24, 2.45) is 17.4 Å². The number of methoxy groups -OCH3 is 1. The summed E-state index contributed by atoms with van der Waals surface area (Å²) in [5.74, 6) is 0.410. The van der Waals surface area contributed by atoms with E-state index in [1.165, 1.54) is 7.11 Å². The molecule has 1 rings (SSSR count).